The average Bonchev–Trinajstić information content (AvgIpc) is 3.32. The Morgan fingerprint density at radius 2 is 1.84 bits per heavy atom. The van der Waals surface area contributed by atoms with Crippen molar-refractivity contribution >= 4 is 11.8 Å². The van der Waals surface area contributed by atoms with Gasteiger partial charge in [-0.2, -0.15) is 5.10 Å². The topological polar surface area (TPSA) is 67.2 Å². The maximum atomic E-state index is 13.3. The van der Waals surface area contributed by atoms with Gasteiger partial charge in [-0.25, -0.2) is 9.07 Å². The summed E-state index contributed by atoms with van der Waals surface area (Å²) in [6.45, 7) is 4.96. The van der Waals surface area contributed by atoms with E-state index in [1.807, 2.05) is 49.1 Å². The van der Waals surface area contributed by atoms with E-state index in [2.05, 4.69) is 10.4 Å². The molecule has 1 aromatic heterocycles. The Balaban J connectivity index is 1.52. The van der Waals surface area contributed by atoms with Crippen molar-refractivity contribution < 1.29 is 14.0 Å². The van der Waals surface area contributed by atoms with Crippen LogP contribution in [-0.2, 0) is 16.0 Å². The Bertz CT molecular complexity index is 1110. The highest BCUT2D eigenvalue weighted by molar-refractivity contribution is 5.80. The fraction of sp³-hybridized carbons (Fsp3) is 0.320. The van der Waals surface area contributed by atoms with Crippen LogP contribution in [0.4, 0.5) is 4.39 Å². The highest BCUT2D eigenvalue weighted by Gasteiger charge is 2.26. The molecular weight excluding hydrogens is 407 g/mol. The first kappa shape index (κ1) is 21.7. The lowest BCUT2D eigenvalue weighted by atomic mass is 10.0. The molecule has 0 radical (unpaired) electrons. The molecule has 1 saturated heterocycles. The van der Waals surface area contributed by atoms with Gasteiger partial charge in [0.15, 0.2) is 0 Å². The lowest BCUT2D eigenvalue weighted by Gasteiger charge is -2.25. The van der Waals surface area contributed by atoms with Crippen LogP contribution in [0.25, 0.3) is 5.69 Å². The number of carbonyl (C=O) groups is 2. The van der Waals surface area contributed by atoms with Gasteiger partial charge in [-0.1, -0.05) is 30.3 Å². The molecule has 166 valence electrons. The van der Waals surface area contributed by atoms with Gasteiger partial charge in [-0.15, -0.1) is 0 Å². The van der Waals surface area contributed by atoms with Crippen molar-refractivity contribution in [3.05, 3.63) is 82.9 Å². The maximum Gasteiger partial charge on any atom is 0.225 e. The summed E-state index contributed by atoms with van der Waals surface area (Å²) in [6, 6.07) is 15.6. The second-order valence-electron chi connectivity index (χ2n) is 8.19. The molecule has 2 aromatic carbocycles. The minimum Gasteiger partial charge on any atom is -0.347 e. The number of benzene rings is 2. The molecule has 32 heavy (non-hydrogen) atoms. The van der Waals surface area contributed by atoms with Crippen LogP contribution in [0.3, 0.4) is 0 Å². The number of rotatable bonds is 7. The molecule has 0 bridgehead atoms. The van der Waals surface area contributed by atoms with Crippen LogP contribution in [0, 0.1) is 19.7 Å². The smallest absolute Gasteiger partial charge is 0.225 e. The number of nitrogens with one attached hydrogen (secondary N) is 1. The number of halogens is 1. The van der Waals surface area contributed by atoms with Crippen molar-refractivity contribution in [2.75, 3.05) is 13.1 Å². The summed E-state index contributed by atoms with van der Waals surface area (Å²) in [5.74, 6) is -0.305. The molecule has 0 saturated carbocycles. The highest BCUT2D eigenvalue weighted by atomic mass is 19.1. The molecule has 1 atom stereocenters. The van der Waals surface area contributed by atoms with Gasteiger partial charge in [0, 0.05) is 30.8 Å². The van der Waals surface area contributed by atoms with Crippen molar-refractivity contribution in [3.8, 4) is 5.69 Å². The molecule has 1 N–H and O–H groups in total. The molecule has 1 aliphatic rings. The lowest BCUT2D eigenvalue weighted by molar-refractivity contribution is -0.129. The van der Waals surface area contributed by atoms with Gasteiger partial charge >= 0.3 is 0 Å². The second kappa shape index (κ2) is 9.34. The van der Waals surface area contributed by atoms with Crippen molar-refractivity contribution in [2.24, 2.45) is 0 Å². The molecule has 3 aromatic rings. The SMILES string of the molecule is Cc1nn(-c2ccc(F)cc2)c(C)c1CC(=O)NC(CN1CCCC1=O)c1ccccc1. The zero-order valence-corrected chi connectivity index (χ0v) is 18.3. The Kier molecular flexibility index (Phi) is 6.35. The quantitative estimate of drug-likeness (QED) is 0.617. The molecule has 0 aliphatic carbocycles. The largest absolute Gasteiger partial charge is 0.347 e. The first-order valence-corrected chi connectivity index (χ1v) is 10.9. The number of aromatic nitrogens is 2. The van der Waals surface area contributed by atoms with E-state index in [0.717, 1.165) is 41.2 Å². The Morgan fingerprint density at radius 1 is 1.12 bits per heavy atom. The summed E-state index contributed by atoms with van der Waals surface area (Å²) < 4.78 is 15.0. The van der Waals surface area contributed by atoms with E-state index < -0.39 is 0 Å². The Hall–Kier alpha value is -3.48. The van der Waals surface area contributed by atoms with Gasteiger partial charge in [-0.05, 0) is 50.1 Å². The Morgan fingerprint density at radius 3 is 2.50 bits per heavy atom. The fourth-order valence-electron chi connectivity index (χ4n) is 4.21. The molecule has 7 heteroatoms. The lowest BCUT2D eigenvalue weighted by Crippen LogP contribution is -2.39. The van der Waals surface area contributed by atoms with Crippen LogP contribution in [0.15, 0.2) is 54.6 Å². The van der Waals surface area contributed by atoms with Crippen molar-refractivity contribution in [1.29, 1.82) is 0 Å². The van der Waals surface area contributed by atoms with Gasteiger partial charge in [0.2, 0.25) is 11.8 Å². The molecule has 4 rings (SSSR count). The van der Waals surface area contributed by atoms with Gasteiger partial charge in [0.1, 0.15) is 5.82 Å². The van der Waals surface area contributed by atoms with Crippen LogP contribution >= 0.6 is 0 Å². The van der Waals surface area contributed by atoms with Crippen LogP contribution in [0.2, 0.25) is 0 Å². The minimum atomic E-state index is -0.307. The van der Waals surface area contributed by atoms with Gasteiger partial charge in [-0.3, -0.25) is 9.59 Å². The van der Waals surface area contributed by atoms with Gasteiger partial charge in [0.25, 0.3) is 0 Å². The molecular formula is C25H27FN4O2. The van der Waals surface area contributed by atoms with E-state index in [9.17, 15) is 14.0 Å². The van der Waals surface area contributed by atoms with Crippen molar-refractivity contribution in [2.45, 2.75) is 39.2 Å². The summed E-state index contributed by atoms with van der Waals surface area (Å²) in [7, 11) is 0. The minimum absolute atomic E-state index is 0.129. The van der Waals surface area contributed by atoms with E-state index >= 15 is 0 Å². The Labute approximate surface area is 187 Å². The molecule has 2 heterocycles. The number of likely N-dealkylation sites (tertiary alicyclic amines) is 1. The van der Waals surface area contributed by atoms with Crippen LogP contribution in [0.1, 0.15) is 41.4 Å². The van der Waals surface area contributed by atoms with Crippen LogP contribution in [-0.4, -0.2) is 39.6 Å². The predicted molar refractivity (Wildman–Crippen MR) is 120 cm³/mol. The third-order valence-corrected chi connectivity index (χ3v) is 5.96. The van der Waals surface area contributed by atoms with Crippen molar-refractivity contribution in [1.82, 2.24) is 20.0 Å². The first-order valence-electron chi connectivity index (χ1n) is 10.9. The molecule has 1 fully saturated rings. The summed E-state index contributed by atoms with van der Waals surface area (Å²) >= 11 is 0. The van der Waals surface area contributed by atoms with E-state index in [1.165, 1.54) is 12.1 Å². The third-order valence-electron chi connectivity index (χ3n) is 5.96. The normalized spacial score (nSPS) is 14.6. The number of hydrogen-bond donors (Lipinski definition) is 1. The zero-order chi connectivity index (χ0) is 22.7. The van der Waals surface area contributed by atoms with E-state index in [4.69, 9.17) is 0 Å². The monoisotopic (exact) mass is 434 g/mol. The molecule has 1 unspecified atom stereocenters. The summed E-state index contributed by atoms with van der Waals surface area (Å²) in [4.78, 5) is 27.0. The summed E-state index contributed by atoms with van der Waals surface area (Å²) in [5, 5.41) is 7.68. The second-order valence-corrected chi connectivity index (χ2v) is 8.19. The molecule has 6 nitrogen and oxygen atoms in total. The third kappa shape index (κ3) is 4.72. The predicted octanol–water partition coefficient (Wildman–Crippen LogP) is 3.65. The molecule has 2 amide bonds. The van der Waals surface area contributed by atoms with E-state index in [1.54, 1.807) is 16.8 Å². The maximum absolute atomic E-state index is 13.3. The molecule has 1 aliphatic heterocycles. The standard InChI is InChI=1S/C25H27FN4O2/c1-17-22(18(2)30(28-17)21-12-10-20(26)11-13-21)15-24(31)27-23(19-7-4-3-5-8-19)16-29-14-6-9-25(29)32/h3-5,7-8,10-13,23H,6,9,14-16H2,1-2H3,(H,27,31). The number of nitrogens with zero attached hydrogens (tertiary/aromatic N) is 3. The number of amides is 2. The first-order chi connectivity index (χ1) is 15.4. The van der Waals surface area contributed by atoms with Crippen molar-refractivity contribution in [3.63, 3.8) is 0 Å². The molecule has 0 spiro atoms. The fourth-order valence-corrected chi connectivity index (χ4v) is 4.21. The summed E-state index contributed by atoms with van der Waals surface area (Å²) in [5.41, 5.74) is 4.16. The van der Waals surface area contributed by atoms with Crippen LogP contribution in [0.5, 0.6) is 0 Å². The number of hydrogen-bond acceptors (Lipinski definition) is 3. The highest BCUT2D eigenvalue weighted by Crippen LogP contribution is 2.21. The number of carbonyl (C=O) groups excluding carboxylic acids is 2. The van der Waals surface area contributed by atoms with E-state index in [0.29, 0.717) is 13.0 Å². The van der Waals surface area contributed by atoms with Gasteiger partial charge in [0.05, 0.1) is 23.8 Å². The number of aryl methyl sites for hydroxylation is 1. The van der Waals surface area contributed by atoms with Gasteiger partial charge < -0.3 is 10.2 Å². The zero-order valence-electron chi connectivity index (χ0n) is 18.3. The van der Waals surface area contributed by atoms with E-state index in [-0.39, 0.29) is 30.1 Å². The average molecular weight is 435 g/mol. The summed E-state index contributed by atoms with van der Waals surface area (Å²) in [6.07, 6.45) is 1.60. The van der Waals surface area contributed by atoms with Crippen LogP contribution < -0.4 is 5.32 Å².